The van der Waals surface area contributed by atoms with E-state index in [1.54, 1.807) is 17.0 Å². The van der Waals surface area contributed by atoms with E-state index >= 15 is 0 Å². The van der Waals surface area contributed by atoms with Gasteiger partial charge in [-0.25, -0.2) is 4.39 Å². The van der Waals surface area contributed by atoms with Crippen LogP contribution < -0.4 is 0 Å². The maximum Gasteiger partial charge on any atom is 0.209 e. The predicted molar refractivity (Wildman–Crippen MR) is 85.2 cm³/mol. The molecule has 1 aliphatic heterocycles. The van der Waals surface area contributed by atoms with Gasteiger partial charge in [0.2, 0.25) is 6.41 Å². The van der Waals surface area contributed by atoms with Crippen LogP contribution in [0.3, 0.4) is 0 Å². The third-order valence-electron chi connectivity index (χ3n) is 3.71. The number of carbonyl (C=O) groups is 1. The van der Waals surface area contributed by atoms with Crippen LogP contribution in [0.5, 0.6) is 0 Å². The monoisotopic (exact) mass is 309 g/mol. The standard InChI is InChI=1S/C19H16FNO2/c20-18-3-1-2-16(12-18)5-4-15-6-8-17(9-7-15)19-13-21(14-22)10-11-23-19/h1-3,6-9,12,14,19H,10-11,13H2. The summed E-state index contributed by atoms with van der Waals surface area (Å²) in [5.41, 5.74) is 2.51. The summed E-state index contributed by atoms with van der Waals surface area (Å²) in [6.45, 7) is 1.75. The Balaban J connectivity index is 1.71. The van der Waals surface area contributed by atoms with Crippen LogP contribution >= 0.6 is 0 Å². The molecule has 1 aliphatic rings. The van der Waals surface area contributed by atoms with E-state index in [1.165, 1.54) is 12.1 Å². The van der Waals surface area contributed by atoms with Gasteiger partial charge in [-0.1, -0.05) is 30.0 Å². The lowest BCUT2D eigenvalue weighted by Crippen LogP contribution is -2.37. The molecule has 0 saturated carbocycles. The third kappa shape index (κ3) is 3.97. The van der Waals surface area contributed by atoms with Crippen LogP contribution in [0.4, 0.5) is 4.39 Å². The van der Waals surface area contributed by atoms with Gasteiger partial charge in [0, 0.05) is 17.7 Å². The molecule has 3 nitrogen and oxygen atoms in total. The number of ether oxygens (including phenoxy) is 1. The van der Waals surface area contributed by atoms with Crippen LogP contribution in [0.1, 0.15) is 22.8 Å². The number of hydrogen-bond donors (Lipinski definition) is 0. The molecular formula is C19H16FNO2. The largest absolute Gasteiger partial charge is 0.370 e. The van der Waals surface area contributed by atoms with Gasteiger partial charge in [-0.05, 0) is 35.9 Å². The zero-order valence-electron chi connectivity index (χ0n) is 12.5. The highest BCUT2D eigenvalue weighted by atomic mass is 19.1. The molecule has 0 aromatic heterocycles. The molecule has 2 aromatic carbocycles. The average molecular weight is 309 g/mol. The maximum absolute atomic E-state index is 13.1. The third-order valence-corrected chi connectivity index (χ3v) is 3.71. The van der Waals surface area contributed by atoms with Gasteiger partial charge in [0.05, 0.1) is 13.2 Å². The van der Waals surface area contributed by atoms with Crippen LogP contribution in [0, 0.1) is 17.7 Å². The highest BCUT2D eigenvalue weighted by Crippen LogP contribution is 2.21. The Morgan fingerprint density at radius 3 is 2.65 bits per heavy atom. The van der Waals surface area contributed by atoms with E-state index in [-0.39, 0.29) is 11.9 Å². The van der Waals surface area contributed by atoms with Gasteiger partial charge >= 0.3 is 0 Å². The molecule has 0 N–H and O–H groups in total. The van der Waals surface area contributed by atoms with Crippen LogP contribution in [0.2, 0.25) is 0 Å². The van der Waals surface area contributed by atoms with Crippen molar-refractivity contribution >= 4 is 6.41 Å². The Kier molecular flexibility index (Phi) is 4.70. The lowest BCUT2D eigenvalue weighted by atomic mass is 10.1. The topological polar surface area (TPSA) is 29.5 Å². The van der Waals surface area contributed by atoms with Crippen LogP contribution in [0.15, 0.2) is 48.5 Å². The molecule has 4 heteroatoms. The number of rotatable bonds is 2. The molecule has 2 aromatic rings. The van der Waals surface area contributed by atoms with E-state index in [9.17, 15) is 9.18 Å². The fourth-order valence-electron chi connectivity index (χ4n) is 2.46. The predicted octanol–water partition coefficient (Wildman–Crippen LogP) is 2.76. The second-order valence-corrected chi connectivity index (χ2v) is 5.34. The molecule has 1 fully saturated rings. The van der Waals surface area contributed by atoms with Gasteiger partial charge < -0.3 is 9.64 Å². The summed E-state index contributed by atoms with van der Waals surface area (Å²) < 4.78 is 18.8. The minimum absolute atomic E-state index is 0.0980. The minimum atomic E-state index is -0.290. The van der Waals surface area contributed by atoms with E-state index in [4.69, 9.17) is 4.74 Å². The molecule has 1 unspecified atom stereocenters. The number of halogens is 1. The second-order valence-electron chi connectivity index (χ2n) is 5.34. The fraction of sp³-hybridized carbons (Fsp3) is 0.211. The van der Waals surface area contributed by atoms with Crippen molar-refractivity contribution in [2.24, 2.45) is 0 Å². The van der Waals surface area contributed by atoms with E-state index in [0.717, 1.165) is 17.5 Å². The molecule has 1 amide bonds. The van der Waals surface area contributed by atoms with Crippen molar-refractivity contribution in [3.8, 4) is 11.8 Å². The summed E-state index contributed by atoms with van der Waals surface area (Å²) >= 11 is 0. The molecule has 23 heavy (non-hydrogen) atoms. The first-order valence-corrected chi connectivity index (χ1v) is 7.43. The highest BCUT2D eigenvalue weighted by molar-refractivity contribution is 5.48. The number of nitrogens with zero attached hydrogens (tertiary/aromatic N) is 1. The Morgan fingerprint density at radius 1 is 1.13 bits per heavy atom. The quantitative estimate of drug-likeness (QED) is 0.630. The normalized spacial score (nSPS) is 17.3. The molecule has 1 heterocycles. The van der Waals surface area contributed by atoms with Crippen molar-refractivity contribution < 1.29 is 13.9 Å². The molecule has 0 aliphatic carbocycles. The number of carbonyl (C=O) groups excluding carboxylic acids is 1. The van der Waals surface area contributed by atoms with Gasteiger partial charge in [-0.2, -0.15) is 0 Å². The lowest BCUT2D eigenvalue weighted by Gasteiger charge is -2.30. The Morgan fingerprint density at radius 2 is 1.91 bits per heavy atom. The fourth-order valence-corrected chi connectivity index (χ4v) is 2.46. The molecule has 116 valence electrons. The van der Waals surface area contributed by atoms with Gasteiger partial charge in [0.25, 0.3) is 0 Å². The first-order chi connectivity index (χ1) is 11.2. The van der Waals surface area contributed by atoms with E-state index < -0.39 is 0 Å². The summed E-state index contributed by atoms with van der Waals surface area (Å²) in [5, 5.41) is 0. The molecule has 0 bridgehead atoms. The first kappa shape index (κ1) is 15.3. The zero-order valence-corrected chi connectivity index (χ0v) is 12.5. The highest BCUT2D eigenvalue weighted by Gasteiger charge is 2.20. The zero-order chi connectivity index (χ0) is 16.1. The number of hydrogen-bond acceptors (Lipinski definition) is 2. The first-order valence-electron chi connectivity index (χ1n) is 7.43. The van der Waals surface area contributed by atoms with Crippen LogP contribution in [-0.4, -0.2) is 31.0 Å². The van der Waals surface area contributed by atoms with Crippen LogP contribution in [0.25, 0.3) is 0 Å². The van der Waals surface area contributed by atoms with Gasteiger partial charge in [0.15, 0.2) is 0 Å². The summed E-state index contributed by atoms with van der Waals surface area (Å²) in [6.07, 6.45) is 0.758. The van der Waals surface area contributed by atoms with Gasteiger partial charge in [0.1, 0.15) is 11.9 Å². The van der Waals surface area contributed by atoms with Gasteiger partial charge in [-0.3, -0.25) is 4.79 Å². The molecule has 1 atom stereocenters. The van der Waals surface area contributed by atoms with Crippen molar-refractivity contribution in [3.05, 3.63) is 71.0 Å². The Hall–Kier alpha value is -2.64. The van der Waals surface area contributed by atoms with E-state index in [1.807, 2.05) is 24.3 Å². The number of benzene rings is 2. The number of morpholine rings is 1. The molecule has 1 saturated heterocycles. The summed E-state index contributed by atoms with van der Waals surface area (Å²) in [4.78, 5) is 12.6. The molecule has 0 spiro atoms. The molecule has 0 radical (unpaired) electrons. The van der Waals surface area contributed by atoms with Crippen LogP contribution in [-0.2, 0) is 9.53 Å². The van der Waals surface area contributed by atoms with E-state index in [2.05, 4.69) is 11.8 Å². The second kappa shape index (κ2) is 7.08. The summed E-state index contributed by atoms with van der Waals surface area (Å²) in [7, 11) is 0. The summed E-state index contributed by atoms with van der Waals surface area (Å²) in [6, 6.07) is 13.9. The average Bonchev–Trinajstić information content (AvgIpc) is 2.60. The lowest BCUT2D eigenvalue weighted by molar-refractivity contribution is -0.125. The maximum atomic E-state index is 13.1. The van der Waals surface area contributed by atoms with Crippen molar-refractivity contribution in [2.45, 2.75) is 6.10 Å². The van der Waals surface area contributed by atoms with Crippen molar-refractivity contribution in [1.29, 1.82) is 0 Å². The minimum Gasteiger partial charge on any atom is -0.370 e. The smallest absolute Gasteiger partial charge is 0.209 e. The van der Waals surface area contributed by atoms with Crippen molar-refractivity contribution in [2.75, 3.05) is 19.7 Å². The van der Waals surface area contributed by atoms with Crippen molar-refractivity contribution in [3.63, 3.8) is 0 Å². The number of amides is 1. The molecular weight excluding hydrogens is 293 g/mol. The van der Waals surface area contributed by atoms with Crippen molar-refractivity contribution in [1.82, 2.24) is 4.90 Å². The Labute approximate surface area is 134 Å². The summed E-state index contributed by atoms with van der Waals surface area (Å²) in [5.74, 6) is 5.66. The SMILES string of the molecule is O=CN1CCOC(c2ccc(C#Cc3cccc(F)c3)cc2)C1. The van der Waals surface area contributed by atoms with Gasteiger partial charge in [-0.15, -0.1) is 0 Å². The molecule has 3 rings (SSSR count). The van der Waals surface area contributed by atoms with E-state index in [0.29, 0.717) is 25.3 Å². The Bertz CT molecular complexity index is 746.